The number of amides is 2. The lowest BCUT2D eigenvalue weighted by Crippen LogP contribution is -2.33. The van der Waals surface area contributed by atoms with E-state index < -0.39 is 0 Å². The van der Waals surface area contributed by atoms with Gasteiger partial charge in [-0.1, -0.05) is 25.4 Å². The number of carbonyl (C=O) groups excluding carboxylic acids is 2. The summed E-state index contributed by atoms with van der Waals surface area (Å²) in [5.74, 6) is -0.166. The van der Waals surface area contributed by atoms with Gasteiger partial charge < -0.3 is 10.6 Å². The third-order valence-electron chi connectivity index (χ3n) is 2.95. The Hall–Kier alpha value is -1.20. The van der Waals surface area contributed by atoms with Crippen molar-refractivity contribution in [1.29, 1.82) is 0 Å². The first-order valence-electron chi connectivity index (χ1n) is 6.99. The van der Waals surface area contributed by atoms with Gasteiger partial charge in [0.05, 0.1) is 12.2 Å². The molecule has 1 aromatic carbocycles. The lowest BCUT2D eigenvalue weighted by molar-refractivity contribution is -0.125. The summed E-state index contributed by atoms with van der Waals surface area (Å²) in [6.45, 7) is 4.16. The summed E-state index contributed by atoms with van der Waals surface area (Å²) in [5, 5.41) is 6.43. The molecule has 1 aliphatic carbocycles. The fourth-order valence-corrected chi connectivity index (χ4v) is 2.87. The van der Waals surface area contributed by atoms with E-state index in [1.54, 1.807) is 23.9 Å². The molecule has 0 unspecified atom stereocenters. The Labute approximate surface area is 134 Å². The average molecular weight is 327 g/mol. The van der Waals surface area contributed by atoms with Crippen molar-refractivity contribution in [3.8, 4) is 0 Å². The molecule has 0 saturated heterocycles. The summed E-state index contributed by atoms with van der Waals surface area (Å²) in [6, 6.07) is 5.43. The first-order valence-corrected chi connectivity index (χ1v) is 8.25. The number of carbonyl (C=O) groups is 2. The number of thioether (sulfide) groups is 1. The molecule has 21 heavy (non-hydrogen) atoms. The van der Waals surface area contributed by atoms with Gasteiger partial charge in [-0.15, -0.1) is 11.8 Å². The molecule has 6 heteroatoms. The van der Waals surface area contributed by atoms with E-state index in [0.29, 0.717) is 16.0 Å². The quantitative estimate of drug-likeness (QED) is 0.788. The van der Waals surface area contributed by atoms with Crippen LogP contribution in [0.3, 0.4) is 0 Å². The van der Waals surface area contributed by atoms with E-state index in [9.17, 15) is 9.59 Å². The van der Waals surface area contributed by atoms with E-state index in [2.05, 4.69) is 24.5 Å². The maximum Gasteiger partial charge on any atom is 0.243 e. The molecule has 1 aromatic rings. The van der Waals surface area contributed by atoms with Crippen LogP contribution in [0.1, 0.15) is 26.7 Å². The minimum absolute atomic E-state index is 0.00632. The van der Waals surface area contributed by atoms with Crippen LogP contribution in [0.15, 0.2) is 23.1 Å². The standard InChI is InChI=1S/C15H19ClN2O2S/c1-9(2)21-13-6-5-11(16)7-12(13)18-14(19)8-17-15(20)10-3-4-10/h5-7,9-10H,3-4,8H2,1-2H3,(H,17,20)(H,18,19). The second-order valence-electron chi connectivity index (χ2n) is 5.35. The maximum absolute atomic E-state index is 11.9. The molecule has 0 radical (unpaired) electrons. The Balaban J connectivity index is 1.94. The van der Waals surface area contributed by atoms with Crippen LogP contribution in [-0.2, 0) is 9.59 Å². The second-order valence-corrected chi connectivity index (χ2v) is 7.40. The lowest BCUT2D eigenvalue weighted by atomic mass is 10.3. The Morgan fingerprint density at radius 1 is 1.38 bits per heavy atom. The highest BCUT2D eigenvalue weighted by Crippen LogP contribution is 2.32. The molecule has 1 saturated carbocycles. The summed E-state index contributed by atoms with van der Waals surface area (Å²) in [4.78, 5) is 24.4. The van der Waals surface area contributed by atoms with Crippen molar-refractivity contribution in [2.75, 3.05) is 11.9 Å². The number of rotatable bonds is 6. The van der Waals surface area contributed by atoms with Gasteiger partial charge in [0.15, 0.2) is 0 Å². The minimum atomic E-state index is -0.239. The van der Waals surface area contributed by atoms with Crippen LogP contribution in [0.2, 0.25) is 5.02 Å². The first kappa shape index (κ1) is 16.2. The smallest absolute Gasteiger partial charge is 0.243 e. The molecule has 0 bridgehead atoms. The van der Waals surface area contributed by atoms with Crippen molar-refractivity contribution in [2.45, 2.75) is 36.8 Å². The van der Waals surface area contributed by atoms with Crippen LogP contribution in [0.25, 0.3) is 0 Å². The van der Waals surface area contributed by atoms with Gasteiger partial charge >= 0.3 is 0 Å². The maximum atomic E-state index is 11.9. The van der Waals surface area contributed by atoms with Gasteiger partial charge in [0.1, 0.15) is 0 Å². The molecule has 2 amide bonds. The summed E-state index contributed by atoms with van der Waals surface area (Å²) in [7, 11) is 0. The van der Waals surface area contributed by atoms with E-state index in [-0.39, 0.29) is 24.3 Å². The van der Waals surface area contributed by atoms with Crippen LogP contribution in [-0.4, -0.2) is 23.6 Å². The highest BCUT2D eigenvalue weighted by atomic mass is 35.5. The van der Waals surface area contributed by atoms with Gasteiger partial charge in [-0.25, -0.2) is 0 Å². The normalized spacial score (nSPS) is 14.1. The second kappa shape index (κ2) is 7.18. The van der Waals surface area contributed by atoms with Gasteiger partial charge in [0.2, 0.25) is 11.8 Å². The zero-order chi connectivity index (χ0) is 15.4. The predicted molar refractivity (Wildman–Crippen MR) is 86.8 cm³/mol. The third kappa shape index (κ3) is 5.25. The molecule has 1 aliphatic rings. The SMILES string of the molecule is CC(C)Sc1ccc(Cl)cc1NC(=O)CNC(=O)C1CC1. The highest BCUT2D eigenvalue weighted by molar-refractivity contribution is 8.00. The zero-order valence-corrected chi connectivity index (χ0v) is 13.7. The molecular formula is C15H19ClN2O2S. The number of nitrogens with one attached hydrogen (secondary N) is 2. The Kier molecular flexibility index (Phi) is 5.53. The molecule has 114 valence electrons. The number of benzene rings is 1. The largest absolute Gasteiger partial charge is 0.347 e. The van der Waals surface area contributed by atoms with Crippen molar-refractivity contribution in [1.82, 2.24) is 5.32 Å². The van der Waals surface area contributed by atoms with Crippen molar-refractivity contribution in [3.05, 3.63) is 23.2 Å². The van der Waals surface area contributed by atoms with Crippen molar-refractivity contribution in [2.24, 2.45) is 5.92 Å². The van der Waals surface area contributed by atoms with Crippen LogP contribution in [0.4, 0.5) is 5.69 Å². The summed E-state index contributed by atoms with van der Waals surface area (Å²) in [5.41, 5.74) is 0.687. The Morgan fingerprint density at radius 2 is 2.10 bits per heavy atom. The fourth-order valence-electron chi connectivity index (χ4n) is 1.81. The van der Waals surface area contributed by atoms with Crippen molar-refractivity contribution >= 4 is 40.9 Å². The van der Waals surface area contributed by atoms with Crippen molar-refractivity contribution in [3.63, 3.8) is 0 Å². The molecule has 2 N–H and O–H groups in total. The van der Waals surface area contributed by atoms with Gasteiger partial charge in [-0.3, -0.25) is 9.59 Å². The fraction of sp³-hybridized carbons (Fsp3) is 0.467. The summed E-state index contributed by atoms with van der Waals surface area (Å²) >= 11 is 7.64. The molecule has 0 aromatic heterocycles. The van der Waals surface area contributed by atoms with Gasteiger partial charge in [0, 0.05) is 21.1 Å². The topological polar surface area (TPSA) is 58.2 Å². The van der Waals surface area contributed by atoms with Crippen LogP contribution in [0, 0.1) is 5.92 Å². The van der Waals surface area contributed by atoms with Crippen LogP contribution in [0.5, 0.6) is 0 Å². The highest BCUT2D eigenvalue weighted by Gasteiger charge is 2.29. The molecule has 2 rings (SSSR count). The van der Waals surface area contributed by atoms with Crippen LogP contribution >= 0.6 is 23.4 Å². The van der Waals surface area contributed by atoms with E-state index >= 15 is 0 Å². The van der Waals surface area contributed by atoms with Gasteiger partial charge in [-0.2, -0.15) is 0 Å². The summed E-state index contributed by atoms with van der Waals surface area (Å²) < 4.78 is 0. The predicted octanol–water partition coefficient (Wildman–Crippen LogP) is 3.31. The average Bonchev–Trinajstić information content (AvgIpc) is 3.23. The molecule has 0 spiro atoms. The van der Waals surface area contributed by atoms with E-state index in [4.69, 9.17) is 11.6 Å². The summed E-state index contributed by atoms with van der Waals surface area (Å²) in [6.07, 6.45) is 1.86. The van der Waals surface area contributed by atoms with Gasteiger partial charge in [-0.05, 0) is 31.0 Å². The van der Waals surface area contributed by atoms with E-state index in [0.717, 1.165) is 17.7 Å². The first-order chi connectivity index (χ1) is 9.95. The molecule has 0 atom stereocenters. The van der Waals surface area contributed by atoms with Crippen LogP contribution < -0.4 is 10.6 Å². The molecular weight excluding hydrogens is 308 g/mol. The monoisotopic (exact) mass is 326 g/mol. The molecule has 0 aliphatic heterocycles. The number of hydrogen-bond acceptors (Lipinski definition) is 3. The number of anilines is 1. The van der Waals surface area contributed by atoms with E-state index in [1.165, 1.54) is 0 Å². The molecule has 1 fully saturated rings. The third-order valence-corrected chi connectivity index (χ3v) is 4.27. The minimum Gasteiger partial charge on any atom is -0.347 e. The zero-order valence-electron chi connectivity index (χ0n) is 12.1. The Morgan fingerprint density at radius 3 is 2.71 bits per heavy atom. The molecule has 4 nitrogen and oxygen atoms in total. The lowest BCUT2D eigenvalue weighted by Gasteiger charge is -2.13. The molecule has 0 heterocycles. The van der Waals surface area contributed by atoms with E-state index in [1.807, 2.05) is 6.07 Å². The van der Waals surface area contributed by atoms with Crippen molar-refractivity contribution < 1.29 is 9.59 Å². The Bertz CT molecular complexity index is 544. The number of halogens is 1. The number of hydrogen-bond donors (Lipinski definition) is 2. The van der Waals surface area contributed by atoms with Gasteiger partial charge in [0.25, 0.3) is 0 Å².